The summed E-state index contributed by atoms with van der Waals surface area (Å²) in [6.07, 6.45) is 12.8. The number of halogens is 1. The monoisotopic (exact) mass is 621 g/mol. The van der Waals surface area contributed by atoms with E-state index in [0.717, 1.165) is 38.0 Å². The van der Waals surface area contributed by atoms with Crippen molar-refractivity contribution in [2.45, 2.75) is 98.4 Å². The Bertz CT molecular complexity index is 922. The first kappa shape index (κ1) is 29.9. The van der Waals surface area contributed by atoms with Crippen LogP contribution in [-0.4, -0.2) is 58.9 Å². The van der Waals surface area contributed by atoms with E-state index in [9.17, 15) is 9.18 Å². The maximum absolute atomic E-state index is 13.5. The number of benzene rings is 1. The number of nitrogens with zero attached hydrogens (tertiary/aromatic N) is 4. The summed E-state index contributed by atoms with van der Waals surface area (Å²) in [7, 11) is 0. The number of carbonyl (C=O) groups excluding carboxylic acids is 1. The molecule has 1 aliphatic rings. The summed E-state index contributed by atoms with van der Waals surface area (Å²) in [6, 6.07) is 6.85. The Kier molecular flexibility index (Phi) is 12.7. The number of hydrogen-bond donors (Lipinski definition) is 1. The van der Waals surface area contributed by atoms with Gasteiger partial charge in [-0.05, 0) is 18.2 Å². The van der Waals surface area contributed by atoms with Crippen molar-refractivity contribution in [3.63, 3.8) is 0 Å². The minimum atomic E-state index is -2.61. The molecule has 2 heterocycles. The van der Waals surface area contributed by atoms with Gasteiger partial charge >= 0.3 is 188 Å². The molecule has 0 aliphatic carbocycles. The Labute approximate surface area is 227 Å². The summed E-state index contributed by atoms with van der Waals surface area (Å²) >= 11 is -2.61. The molecule has 8 heteroatoms. The molecule has 6 nitrogen and oxygen atoms in total. The fourth-order valence-corrected chi connectivity index (χ4v) is 20.8. The van der Waals surface area contributed by atoms with Crippen LogP contribution >= 0.6 is 0 Å². The summed E-state index contributed by atoms with van der Waals surface area (Å²) in [4.78, 5) is 14.9. The molecule has 1 N–H and O–H groups in total. The van der Waals surface area contributed by atoms with Crippen LogP contribution in [0.1, 0.15) is 78.6 Å². The normalized spacial score (nSPS) is 14.8. The SMILES string of the molecule is CCC[CH2][Sn]([CH2]CCC)([CH2]CCC)[c]1cn(CC(=O)NCCC2CCN(c3cccc(F)c3)CC2)nn1. The molecule has 3 rings (SSSR count). The molecule has 1 aromatic heterocycles. The van der Waals surface area contributed by atoms with E-state index < -0.39 is 18.4 Å². The molecular weight excluding hydrogens is 572 g/mol. The van der Waals surface area contributed by atoms with Gasteiger partial charge in [-0.25, -0.2) is 4.39 Å². The molecule has 1 aromatic carbocycles. The first-order chi connectivity index (χ1) is 18.0. The van der Waals surface area contributed by atoms with Crippen LogP contribution in [0.4, 0.5) is 10.1 Å². The molecule has 206 valence electrons. The van der Waals surface area contributed by atoms with Crippen molar-refractivity contribution in [3.8, 4) is 0 Å². The summed E-state index contributed by atoms with van der Waals surface area (Å²) in [6.45, 7) is 9.67. The Morgan fingerprint density at radius 2 is 1.70 bits per heavy atom. The molecule has 1 saturated heterocycles. The average molecular weight is 620 g/mol. The predicted molar refractivity (Wildman–Crippen MR) is 154 cm³/mol. The molecule has 0 spiro atoms. The Morgan fingerprint density at radius 3 is 2.30 bits per heavy atom. The third-order valence-corrected chi connectivity index (χ3v) is 23.1. The van der Waals surface area contributed by atoms with Gasteiger partial charge in [-0.1, -0.05) is 6.07 Å². The summed E-state index contributed by atoms with van der Waals surface area (Å²) in [5, 5.41) is 12.2. The number of nitrogens with one attached hydrogen (secondary N) is 1. The van der Waals surface area contributed by atoms with Crippen LogP contribution in [-0.2, 0) is 11.3 Å². The number of piperidine rings is 1. The topological polar surface area (TPSA) is 63.1 Å². The number of anilines is 1. The average Bonchev–Trinajstić information content (AvgIpc) is 3.38. The second kappa shape index (κ2) is 15.7. The number of amides is 1. The van der Waals surface area contributed by atoms with E-state index in [-0.39, 0.29) is 18.3 Å². The molecule has 1 fully saturated rings. The zero-order valence-electron chi connectivity index (χ0n) is 23.4. The van der Waals surface area contributed by atoms with E-state index in [4.69, 9.17) is 0 Å². The zero-order chi connectivity index (χ0) is 26.5. The standard InChI is InChI=1S/C17H21FN5O.3C4H9.Sn/c18-15-2-1-3-16(12-15)22-9-5-14(6-10-22)4-7-19-17(24)13-23-11-8-20-21-23;3*1-3-4-2;/h1-3,11-12,14H,4-7,9-10,13H2,(H,19,24);3*1,3-4H2,2H3;. The van der Waals surface area contributed by atoms with Crippen LogP contribution in [0.15, 0.2) is 30.5 Å². The Hall–Kier alpha value is -1.64. The molecule has 37 heavy (non-hydrogen) atoms. The van der Waals surface area contributed by atoms with Gasteiger partial charge < -0.3 is 0 Å². The third kappa shape index (κ3) is 9.25. The first-order valence-electron chi connectivity index (χ1n) is 14.7. The van der Waals surface area contributed by atoms with Crippen molar-refractivity contribution in [3.05, 3.63) is 36.3 Å². The first-order valence-corrected chi connectivity index (χ1v) is 22.2. The molecule has 0 atom stereocenters. The van der Waals surface area contributed by atoms with Crippen LogP contribution < -0.4 is 13.9 Å². The van der Waals surface area contributed by atoms with E-state index in [0.29, 0.717) is 12.5 Å². The van der Waals surface area contributed by atoms with Gasteiger partial charge in [0.1, 0.15) is 5.82 Å². The van der Waals surface area contributed by atoms with Crippen LogP contribution in [0.3, 0.4) is 0 Å². The predicted octanol–water partition coefficient (Wildman–Crippen LogP) is 5.90. The van der Waals surface area contributed by atoms with E-state index in [2.05, 4.69) is 47.5 Å². The molecule has 0 saturated carbocycles. The van der Waals surface area contributed by atoms with Gasteiger partial charge in [-0.15, -0.1) is 0 Å². The number of carbonyl (C=O) groups is 1. The van der Waals surface area contributed by atoms with Gasteiger partial charge in [0.2, 0.25) is 0 Å². The fourth-order valence-electron chi connectivity index (χ4n) is 5.69. The van der Waals surface area contributed by atoms with Crippen molar-refractivity contribution in [2.24, 2.45) is 5.92 Å². The molecule has 2 aromatic rings. The fraction of sp³-hybridized carbons (Fsp3) is 0.690. The number of aromatic nitrogens is 3. The summed E-state index contributed by atoms with van der Waals surface area (Å²) in [5.74, 6) is 0.428. The Balaban J connectivity index is 1.46. The van der Waals surface area contributed by atoms with Crippen molar-refractivity contribution in [1.82, 2.24) is 20.3 Å². The number of rotatable bonds is 16. The van der Waals surface area contributed by atoms with Crippen molar-refractivity contribution in [1.29, 1.82) is 0 Å². The molecule has 1 amide bonds. The van der Waals surface area contributed by atoms with Crippen molar-refractivity contribution in [2.75, 3.05) is 24.5 Å². The summed E-state index contributed by atoms with van der Waals surface area (Å²) in [5.41, 5.74) is 0.965. The Morgan fingerprint density at radius 1 is 1.05 bits per heavy atom. The van der Waals surface area contributed by atoms with Gasteiger partial charge in [-0.3, -0.25) is 0 Å². The van der Waals surface area contributed by atoms with E-state index >= 15 is 0 Å². The van der Waals surface area contributed by atoms with Crippen LogP contribution in [0.5, 0.6) is 0 Å². The van der Waals surface area contributed by atoms with E-state index in [1.54, 1.807) is 16.8 Å². The van der Waals surface area contributed by atoms with E-state index in [1.807, 2.05) is 6.07 Å². The van der Waals surface area contributed by atoms with Crippen LogP contribution in [0.25, 0.3) is 0 Å². The molecule has 1 aliphatic heterocycles. The molecule has 0 bridgehead atoms. The van der Waals surface area contributed by atoms with E-state index in [1.165, 1.54) is 61.6 Å². The van der Waals surface area contributed by atoms with Gasteiger partial charge in [0.05, 0.1) is 0 Å². The second-order valence-electron chi connectivity index (χ2n) is 10.9. The van der Waals surface area contributed by atoms with Crippen LogP contribution in [0.2, 0.25) is 13.3 Å². The van der Waals surface area contributed by atoms with Gasteiger partial charge in [-0.2, -0.15) is 0 Å². The minimum absolute atomic E-state index is 0.0186. The molecule has 0 radical (unpaired) electrons. The molecule has 0 unspecified atom stereocenters. The van der Waals surface area contributed by atoms with Crippen molar-refractivity contribution < 1.29 is 9.18 Å². The zero-order valence-corrected chi connectivity index (χ0v) is 26.2. The maximum atomic E-state index is 13.5. The second-order valence-corrected chi connectivity index (χ2v) is 24.0. The quantitative estimate of drug-likeness (QED) is 0.238. The summed E-state index contributed by atoms with van der Waals surface area (Å²) < 4.78 is 20.7. The third-order valence-electron chi connectivity index (χ3n) is 8.08. The van der Waals surface area contributed by atoms with Crippen molar-refractivity contribution >= 4 is 33.7 Å². The van der Waals surface area contributed by atoms with Gasteiger partial charge in [0, 0.05) is 5.69 Å². The molecular formula is C29H48FN5OSn. The van der Waals surface area contributed by atoms with Crippen LogP contribution in [0, 0.1) is 11.7 Å². The van der Waals surface area contributed by atoms with Gasteiger partial charge in [0.15, 0.2) is 0 Å². The van der Waals surface area contributed by atoms with Gasteiger partial charge in [0.25, 0.3) is 0 Å². The number of unbranched alkanes of at least 4 members (excludes halogenated alkanes) is 3. The number of hydrogen-bond acceptors (Lipinski definition) is 4.